The first kappa shape index (κ1) is 24.5. The molecular formula is C25H32O6. The zero-order valence-electron chi connectivity index (χ0n) is 18.7. The van der Waals surface area contributed by atoms with Crippen LogP contribution < -0.4 is 0 Å². The van der Waals surface area contributed by atoms with Crippen LogP contribution >= 0.6 is 0 Å². The van der Waals surface area contributed by atoms with Crippen molar-refractivity contribution in [3.05, 3.63) is 60.7 Å². The van der Waals surface area contributed by atoms with Crippen LogP contribution in [-0.2, 0) is 29.3 Å². The van der Waals surface area contributed by atoms with E-state index in [-0.39, 0.29) is 25.0 Å². The SMILES string of the molecule is C=CCOC(=O)[C@H]1C(=O)C[C@@](C)(O)[C@@H](C(=O)OCC=C)[C@H]1c1ccc(C(C)(C)C)cc1. The molecule has 0 aliphatic heterocycles. The molecular weight excluding hydrogens is 396 g/mol. The molecule has 31 heavy (non-hydrogen) atoms. The van der Waals surface area contributed by atoms with Crippen molar-refractivity contribution in [1.82, 2.24) is 0 Å². The molecule has 0 bridgehead atoms. The van der Waals surface area contributed by atoms with Crippen LogP contribution in [0.2, 0.25) is 0 Å². The van der Waals surface area contributed by atoms with Gasteiger partial charge in [-0.15, -0.1) is 0 Å². The summed E-state index contributed by atoms with van der Waals surface area (Å²) in [4.78, 5) is 38.7. The molecule has 0 aromatic heterocycles. The van der Waals surface area contributed by atoms with Crippen molar-refractivity contribution in [2.75, 3.05) is 13.2 Å². The molecule has 1 aromatic rings. The highest BCUT2D eigenvalue weighted by molar-refractivity contribution is 6.02. The number of benzene rings is 1. The van der Waals surface area contributed by atoms with Crippen molar-refractivity contribution < 1.29 is 29.0 Å². The van der Waals surface area contributed by atoms with Crippen LogP contribution in [0, 0.1) is 11.8 Å². The third-order valence-corrected chi connectivity index (χ3v) is 5.62. The summed E-state index contributed by atoms with van der Waals surface area (Å²) in [5.74, 6) is -5.21. The molecule has 6 heteroatoms. The molecule has 0 amide bonds. The summed E-state index contributed by atoms with van der Waals surface area (Å²) in [7, 11) is 0. The fourth-order valence-electron chi connectivity index (χ4n) is 4.08. The number of Topliss-reactive ketones (excluding diaryl/α,β-unsaturated/α-hetero) is 1. The second-order valence-corrected chi connectivity index (χ2v) is 9.19. The van der Waals surface area contributed by atoms with E-state index in [2.05, 4.69) is 33.9 Å². The van der Waals surface area contributed by atoms with Gasteiger partial charge in [-0.2, -0.15) is 0 Å². The Bertz CT molecular complexity index is 844. The van der Waals surface area contributed by atoms with Crippen LogP contribution in [0.15, 0.2) is 49.6 Å². The molecule has 1 aliphatic rings. The summed E-state index contributed by atoms with van der Waals surface area (Å²) in [6.07, 6.45) is 2.47. The molecule has 2 rings (SSSR count). The fourth-order valence-corrected chi connectivity index (χ4v) is 4.08. The largest absolute Gasteiger partial charge is 0.461 e. The van der Waals surface area contributed by atoms with Crippen LogP contribution in [0.3, 0.4) is 0 Å². The number of carbonyl (C=O) groups is 3. The molecule has 0 radical (unpaired) electrons. The molecule has 0 saturated heterocycles. The lowest BCUT2D eigenvalue weighted by atomic mass is 9.61. The van der Waals surface area contributed by atoms with Crippen LogP contribution in [0.25, 0.3) is 0 Å². The normalized spacial score (nSPS) is 26.1. The van der Waals surface area contributed by atoms with Gasteiger partial charge in [-0.25, -0.2) is 0 Å². The highest BCUT2D eigenvalue weighted by atomic mass is 16.5. The summed E-state index contributed by atoms with van der Waals surface area (Å²) in [6, 6.07) is 7.39. The van der Waals surface area contributed by atoms with Crippen LogP contribution in [0.5, 0.6) is 0 Å². The Labute approximate surface area is 183 Å². The van der Waals surface area contributed by atoms with Crippen LogP contribution in [0.1, 0.15) is 51.2 Å². The van der Waals surface area contributed by atoms with Crippen LogP contribution in [-0.4, -0.2) is 41.6 Å². The molecule has 1 aromatic carbocycles. The maximum Gasteiger partial charge on any atom is 0.317 e. The van der Waals surface area contributed by atoms with Gasteiger partial charge in [0.25, 0.3) is 0 Å². The number of hydrogen-bond donors (Lipinski definition) is 1. The molecule has 1 fully saturated rings. The Balaban J connectivity index is 2.60. The van der Waals surface area contributed by atoms with E-state index >= 15 is 0 Å². The van der Waals surface area contributed by atoms with Crippen LogP contribution in [0.4, 0.5) is 0 Å². The summed E-state index contributed by atoms with van der Waals surface area (Å²) in [6.45, 7) is 14.6. The van der Waals surface area contributed by atoms with Gasteiger partial charge in [-0.1, -0.05) is 70.3 Å². The van der Waals surface area contributed by atoms with E-state index < -0.39 is 41.1 Å². The lowest BCUT2D eigenvalue weighted by Gasteiger charge is -2.43. The number of ether oxygens (including phenoxy) is 2. The van der Waals surface area contributed by atoms with Gasteiger partial charge in [0, 0.05) is 12.3 Å². The Morgan fingerprint density at radius 3 is 2.10 bits per heavy atom. The maximum atomic E-state index is 13.0. The smallest absolute Gasteiger partial charge is 0.317 e. The van der Waals surface area contributed by atoms with E-state index in [0.717, 1.165) is 5.56 Å². The summed E-state index contributed by atoms with van der Waals surface area (Å²) < 4.78 is 10.4. The van der Waals surface area contributed by atoms with Crippen molar-refractivity contribution in [2.45, 2.75) is 51.0 Å². The quantitative estimate of drug-likeness (QED) is 0.406. The molecule has 0 heterocycles. The van der Waals surface area contributed by atoms with Crippen molar-refractivity contribution in [3.63, 3.8) is 0 Å². The predicted octanol–water partition coefficient (Wildman–Crippen LogP) is 3.48. The Morgan fingerprint density at radius 1 is 1.10 bits per heavy atom. The monoisotopic (exact) mass is 428 g/mol. The van der Waals surface area contributed by atoms with Gasteiger partial charge in [0.1, 0.15) is 19.1 Å². The van der Waals surface area contributed by atoms with E-state index in [1.54, 1.807) is 12.1 Å². The number of rotatable bonds is 7. The molecule has 0 unspecified atom stereocenters. The standard InChI is InChI=1S/C25H32O6/c1-7-13-30-22(27)20-18(26)15-25(6,29)21(23(28)31-14-8-2)19(20)16-9-11-17(12-10-16)24(3,4)5/h7-12,19-21,29H,1-2,13-15H2,3-6H3/t19-,20-,21+,25+/m0/s1. The highest BCUT2D eigenvalue weighted by Crippen LogP contribution is 2.47. The minimum Gasteiger partial charge on any atom is -0.461 e. The predicted molar refractivity (Wildman–Crippen MR) is 117 cm³/mol. The minimum atomic E-state index is -1.68. The Morgan fingerprint density at radius 2 is 1.61 bits per heavy atom. The van der Waals surface area contributed by atoms with E-state index in [0.29, 0.717) is 5.56 Å². The Hall–Kier alpha value is -2.73. The van der Waals surface area contributed by atoms with E-state index in [4.69, 9.17) is 9.47 Å². The van der Waals surface area contributed by atoms with Crippen molar-refractivity contribution in [3.8, 4) is 0 Å². The number of esters is 2. The van der Waals surface area contributed by atoms with Gasteiger partial charge in [0.15, 0.2) is 5.78 Å². The van der Waals surface area contributed by atoms with Gasteiger partial charge in [0.2, 0.25) is 0 Å². The Kier molecular flexibility index (Phi) is 7.60. The molecule has 1 saturated carbocycles. The second kappa shape index (κ2) is 9.60. The summed E-state index contributed by atoms with van der Waals surface area (Å²) in [5, 5.41) is 11.0. The fraction of sp³-hybridized carbons (Fsp3) is 0.480. The summed E-state index contributed by atoms with van der Waals surface area (Å²) >= 11 is 0. The van der Waals surface area contributed by atoms with Crippen molar-refractivity contribution in [1.29, 1.82) is 0 Å². The molecule has 4 atom stereocenters. The molecule has 6 nitrogen and oxygen atoms in total. The van der Waals surface area contributed by atoms with Gasteiger partial charge in [0.05, 0.1) is 11.5 Å². The van der Waals surface area contributed by atoms with E-state index in [1.807, 2.05) is 12.1 Å². The highest BCUT2D eigenvalue weighted by Gasteiger charge is 2.57. The average molecular weight is 429 g/mol. The second-order valence-electron chi connectivity index (χ2n) is 9.19. The first-order valence-corrected chi connectivity index (χ1v) is 10.3. The third kappa shape index (κ3) is 5.50. The first-order valence-electron chi connectivity index (χ1n) is 10.3. The number of aliphatic hydroxyl groups is 1. The average Bonchev–Trinajstić information content (AvgIpc) is 2.68. The van der Waals surface area contributed by atoms with Gasteiger partial charge < -0.3 is 14.6 Å². The number of carbonyl (C=O) groups excluding carboxylic acids is 3. The number of ketones is 1. The molecule has 168 valence electrons. The van der Waals surface area contributed by atoms with E-state index in [1.165, 1.54) is 19.1 Å². The van der Waals surface area contributed by atoms with Gasteiger partial charge >= 0.3 is 11.9 Å². The topological polar surface area (TPSA) is 89.9 Å². The number of hydrogen-bond acceptors (Lipinski definition) is 6. The molecule has 0 spiro atoms. The van der Waals surface area contributed by atoms with Gasteiger partial charge in [-0.3, -0.25) is 14.4 Å². The van der Waals surface area contributed by atoms with Crippen molar-refractivity contribution in [2.24, 2.45) is 11.8 Å². The molecule has 1 aliphatic carbocycles. The van der Waals surface area contributed by atoms with E-state index in [9.17, 15) is 19.5 Å². The molecule has 1 N–H and O–H groups in total. The minimum absolute atomic E-state index is 0.0411. The third-order valence-electron chi connectivity index (χ3n) is 5.62. The summed E-state index contributed by atoms with van der Waals surface area (Å²) in [5.41, 5.74) is -0.140. The zero-order chi connectivity index (χ0) is 23.4. The van der Waals surface area contributed by atoms with Gasteiger partial charge in [-0.05, 0) is 23.5 Å². The maximum absolute atomic E-state index is 13.0. The zero-order valence-corrected chi connectivity index (χ0v) is 18.7. The van der Waals surface area contributed by atoms with Crippen molar-refractivity contribution >= 4 is 17.7 Å². The lowest BCUT2D eigenvalue weighted by Crippen LogP contribution is -2.55. The first-order chi connectivity index (χ1) is 14.4. The lowest BCUT2D eigenvalue weighted by molar-refractivity contribution is -0.171.